The van der Waals surface area contributed by atoms with Crippen molar-refractivity contribution in [1.82, 2.24) is 0 Å². The van der Waals surface area contributed by atoms with Crippen LogP contribution in [0.1, 0.15) is 30.9 Å². The van der Waals surface area contributed by atoms with Crippen molar-refractivity contribution in [2.75, 3.05) is 0 Å². The molecule has 3 N–H and O–H groups in total. The predicted molar refractivity (Wildman–Crippen MR) is 88.6 cm³/mol. The van der Waals surface area contributed by atoms with E-state index >= 15 is 0 Å². The Morgan fingerprint density at radius 1 is 1.19 bits per heavy atom. The fourth-order valence-electron chi connectivity index (χ4n) is 1.89. The first kappa shape index (κ1) is 15.7. The second-order valence-electron chi connectivity index (χ2n) is 4.95. The van der Waals surface area contributed by atoms with Gasteiger partial charge in [0.25, 0.3) is 0 Å². The van der Waals surface area contributed by atoms with Gasteiger partial charge in [0, 0.05) is 20.4 Å². The highest BCUT2D eigenvalue weighted by Gasteiger charge is 2.10. The first-order valence-electron chi connectivity index (χ1n) is 6.56. The Morgan fingerprint density at radius 2 is 1.86 bits per heavy atom. The Labute approximate surface area is 133 Å². The molecule has 2 rings (SSSR count). The van der Waals surface area contributed by atoms with Crippen LogP contribution in [-0.2, 0) is 0 Å². The minimum atomic E-state index is 0.0544. The molecule has 5 heteroatoms. The normalized spacial score (nSPS) is 11.9. The second kappa shape index (κ2) is 6.87. The van der Waals surface area contributed by atoms with Gasteiger partial charge in [-0.25, -0.2) is 0 Å². The summed E-state index contributed by atoms with van der Waals surface area (Å²) in [5.41, 5.74) is 7.64. The van der Waals surface area contributed by atoms with Crippen molar-refractivity contribution in [3.8, 4) is 0 Å². The molecule has 0 radical (unpaired) electrons. The first-order chi connectivity index (χ1) is 10.0. The van der Waals surface area contributed by atoms with E-state index in [4.69, 9.17) is 22.5 Å². The molecule has 0 bridgehead atoms. The maximum Gasteiger partial charge on any atom is 0.171 e. The molecule has 21 heavy (non-hydrogen) atoms. The average Bonchev–Trinajstić information content (AvgIpc) is 2.48. The molecule has 0 aliphatic rings. The van der Waals surface area contributed by atoms with Crippen molar-refractivity contribution >= 4 is 29.2 Å². The van der Waals surface area contributed by atoms with E-state index in [0.29, 0.717) is 16.5 Å². The Balaban J connectivity index is 2.31. The molecule has 0 unspecified atom stereocenters. The van der Waals surface area contributed by atoms with Gasteiger partial charge in [-0.15, -0.1) is 0 Å². The Kier molecular flexibility index (Phi) is 5.15. The van der Waals surface area contributed by atoms with Crippen molar-refractivity contribution in [3.63, 3.8) is 0 Å². The maximum atomic E-state index is 8.88. The van der Waals surface area contributed by atoms with Crippen LogP contribution >= 0.6 is 23.4 Å². The van der Waals surface area contributed by atoms with E-state index in [0.717, 1.165) is 9.79 Å². The number of rotatable bonds is 4. The summed E-state index contributed by atoms with van der Waals surface area (Å²) < 4.78 is 0. The van der Waals surface area contributed by atoms with Crippen LogP contribution in [0.5, 0.6) is 0 Å². The van der Waals surface area contributed by atoms with Crippen molar-refractivity contribution < 1.29 is 5.21 Å². The third kappa shape index (κ3) is 3.93. The van der Waals surface area contributed by atoms with Crippen molar-refractivity contribution in [2.24, 2.45) is 10.9 Å². The molecule has 0 saturated carbocycles. The topological polar surface area (TPSA) is 58.6 Å². The standard InChI is InChI=1S/C16H17ClN2OS/c1-10(2)11-3-6-13(7-4-11)21-15-8-5-12(17)9-14(15)16(18)19-20/h3-10,20H,1-2H3,(H2,18,19). The molecule has 2 aromatic carbocycles. The van der Waals surface area contributed by atoms with Crippen LogP contribution in [0.15, 0.2) is 57.4 Å². The zero-order valence-electron chi connectivity index (χ0n) is 11.9. The summed E-state index contributed by atoms with van der Waals surface area (Å²) in [6.45, 7) is 4.33. The average molecular weight is 321 g/mol. The molecule has 0 aliphatic carbocycles. The number of oxime groups is 1. The zero-order valence-corrected chi connectivity index (χ0v) is 13.4. The third-order valence-electron chi connectivity index (χ3n) is 3.10. The van der Waals surface area contributed by atoms with Gasteiger partial charge in [0.05, 0.1) is 0 Å². The minimum absolute atomic E-state index is 0.0544. The monoisotopic (exact) mass is 320 g/mol. The lowest BCUT2D eigenvalue weighted by Gasteiger charge is -2.10. The van der Waals surface area contributed by atoms with E-state index < -0.39 is 0 Å². The van der Waals surface area contributed by atoms with Crippen molar-refractivity contribution in [1.29, 1.82) is 0 Å². The van der Waals surface area contributed by atoms with E-state index in [1.54, 1.807) is 23.9 Å². The molecule has 0 heterocycles. The second-order valence-corrected chi connectivity index (χ2v) is 6.50. The molecule has 0 aliphatic heterocycles. The lowest BCUT2D eigenvalue weighted by atomic mass is 10.0. The van der Waals surface area contributed by atoms with Crippen LogP contribution in [0.25, 0.3) is 0 Å². The fraction of sp³-hybridized carbons (Fsp3) is 0.188. The Hall–Kier alpha value is -1.65. The van der Waals surface area contributed by atoms with Crippen molar-refractivity contribution in [3.05, 3.63) is 58.6 Å². The molecule has 0 aromatic heterocycles. The largest absolute Gasteiger partial charge is 0.409 e. The van der Waals surface area contributed by atoms with E-state index in [2.05, 4.69) is 43.3 Å². The van der Waals surface area contributed by atoms with Gasteiger partial charge in [0.15, 0.2) is 5.84 Å². The van der Waals surface area contributed by atoms with Crippen LogP contribution in [-0.4, -0.2) is 11.0 Å². The quantitative estimate of drug-likeness (QED) is 0.371. The molecule has 0 spiro atoms. The number of halogens is 1. The summed E-state index contributed by atoms with van der Waals surface area (Å²) in [6, 6.07) is 13.7. The lowest BCUT2D eigenvalue weighted by molar-refractivity contribution is 0.318. The summed E-state index contributed by atoms with van der Waals surface area (Å²) in [4.78, 5) is 1.99. The molecule has 0 fully saturated rings. The number of hydrogen-bond acceptors (Lipinski definition) is 3. The van der Waals surface area contributed by atoms with Crippen molar-refractivity contribution in [2.45, 2.75) is 29.6 Å². The van der Waals surface area contributed by atoms with Gasteiger partial charge in [0.1, 0.15) is 0 Å². The summed E-state index contributed by atoms with van der Waals surface area (Å²) in [5.74, 6) is 0.561. The van der Waals surface area contributed by atoms with Crippen LogP contribution in [0.2, 0.25) is 5.02 Å². The summed E-state index contributed by atoms with van der Waals surface area (Å²) in [6.07, 6.45) is 0. The Bertz CT molecular complexity index is 654. The highest BCUT2D eigenvalue weighted by molar-refractivity contribution is 7.99. The van der Waals surface area contributed by atoms with E-state index in [-0.39, 0.29) is 5.84 Å². The number of nitrogens with zero attached hydrogens (tertiary/aromatic N) is 1. The number of hydrogen-bond donors (Lipinski definition) is 2. The van der Waals surface area contributed by atoms with Gasteiger partial charge in [-0.2, -0.15) is 0 Å². The van der Waals surface area contributed by atoms with Gasteiger partial charge in [-0.1, -0.05) is 54.5 Å². The Morgan fingerprint density at radius 3 is 2.43 bits per heavy atom. The third-order valence-corrected chi connectivity index (χ3v) is 4.42. The van der Waals surface area contributed by atoms with Crippen LogP contribution < -0.4 is 5.73 Å². The SMILES string of the molecule is CC(C)c1ccc(Sc2ccc(Cl)cc2C(N)=NO)cc1. The van der Waals surface area contributed by atoms with Gasteiger partial charge in [-0.05, 0) is 41.8 Å². The number of benzene rings is 2. The van der Waals surface area contributed by atoms with Crippen LogP contribution in [0.3, 0.4) is 0 Å². The minimum Gasteiger partial charge on any atom is -0.409 e. The van der Waals surface area contributed by atoms with E-state index in [1.807, 2.05) is 6.07 Å². The molecule has 2 aromatic rings. The summed E-state index contributed by atoms with van der Waals surface area (Å²) >= 11 is 7.53. The van der Waals surface area contributed by atoms with Crippen LogP contribution in [0, 0.1) is 0 Å². The van der Waals surface area contributed by atoms with Gasteiger partial charge < -0.3 is 10.9 Å². The molecular weight excluding hydrogens is 304 g/mol. The van der Waals surface area contributed by atoms with Crippen LogP contribution in [0.4, 0.5) is 0 Å². The fourth-order valence-corrected chi connectivity index (χ4v) is 3.00. The van der Waals surface area contributed by atoms with Gasteiger partial charge in [0.2, 0.25) is 0 Å². The predicted octanol–water partition coefficient (Wildman–Crippen LogP) is 4.71. The highest BCUT2D eigenvalue weighted by atomic mass is 35.5. The molecule has 0 atom stereocenters. The molecule has 0 saturated heterocycles. The number of amidine groups is 1. The summed E-state index contributed by atoms with van der Waals surface area (Å²) in [7, 11) is 0. The zero-order chi connectivity index (χ0) is 15.4. The molecular formula is C16H17ClN2OS. The maximum absolute atomic E-state index is 8.88. The molecule has 110 valence electrons. The molecule has 3 nitrogen and oxygen atoms in total. The highest BCUT2D eigenvalue weighted by Crippen LogP contribution is 2.32. The van der Waals surface area contributed by atoms with Gasteiger partial charge >= 0.3 is 0 Å². The lowest BCUT2D eigenvalue weighted by Crippen LogP contribution is -2.14. The van der Waals surface area contributed by atoms with E-state index in [9.17, 15) is 0 Å². The van der Waals surface area contributed by atoms with E-state index in [1.165, 1.54) is 5.56 Å². The van der Waals surface area contributed by atoms with Gasteiger partial charge in [-0.3, -0.25) is 0 Å². The molecule has 0 amide bonds. The smallest absolute Gasteiger partial charge is 0.171 e. The number of nitrogens with two attached hydrogens (primary N) is 1. The first-order valence-corrected chi connectivity index (χ1v) is 7.76. The summed E-state index contributed by atoms with van der Waals surface area (Å²) in [5, 5.41) is 12.5.